The molecule has 0 aliphatic rings. The molecule has 0 unspecified atom stereocenters. The molecule has 0 spiro atoms. The van der Waals surface area contributed by atoms with Crippen molar-refractivity contribution in [3.8, 4) is 23.1 Å². The molecule has 10 aromatic heterocycles. The molecule has 15 aromatic rings. The van der Waals surface area contributed by atoms with E-state index in [0.29, 0.717) is 97.5 Å². The molecule has 0 radical (unpaired) electrons. The summed E-state index contributed by atoms with van der Waals surface area (Å²) in [7, 11) is 3.21. The van der Waals surface area contributed by atoms with Crippen molar-refractivity contribution in [3.63, 3.8) is 0 Å². The van der Waals surface area contributed by atoms with Crippen LogP contribution in [0, 0.1) is 26.6 Å². The first-order chi connectivity index (χ1) is 69.3. The molecule has 0 aliphatic heterocycles. The predicted octanol–water partition coefficient (Wildman–Crippen LogP) is 19.9. The molecule has 0 amide bonds. The van der Waals surface area contributed by atoms with Crippen LogP contribution in [0.4, 0.5) is 4.39 Å². The summed E-state index contributed by atoms with van der Waals surface area (Å²) < 4.78 is 42.5. The van der Waals surface area contributed by atoms with Crippen LogP contribution < -0.4 is 18.9 Å². The predicted molar refractivity (Wildman–Crippen MR) is 544 cm³/mol. The summed E-state index contributed by atoms with van der Waals surface area (Å²) in [5.74, 6) is 1.75. The quantitative estimate of drug-likeness (QED) is 0.0186. The van der Waals surface area contributed by atoms with Crippen LogP contribution in [-0.2, 0) is 136 Å². The number of aliphatic hydroxyl groups excluding tert-OH is 2. The number of aromatic nitrogens is 13. The number of imidazole rings is 2. The van der Waals surface area contributed by atoms with Crippen LogP contribution in [0.1, 0.15) is 241 Å². The number of pyridine rings is 6. The van der Waals surface area contributed by atoms with Crippen LogP contribution in [-0.4, -0.2) is 144 Å². The van der Waals surface area contributed by atoms with Crippen molar-refractivity contribution < 1.29 is 83.1 Å². The Morgan fingerprint density at radius 1 is 0.364 bits per heavy atom. The van der Waals surface area contributed by atoms with Gasteiger partial charge in [0, 0.05) is 119 Å². The van der Waals surface area contributed by atoms with Crippen LogP contribution >= 0.6 is 11.3 Å². The van der Waals surface area contributed by atoms with E-state index in [4.69, 9.17) is 18.9 Å². The van der Waals surface area contributed by atoms with Crippen molar-refractivity contribution >= 4 is 41.2 Å². The highest BCUT2D eigenvalue weighted by atomic mass is 32.1. The number of carboxylic acids is 5. The Balaban J connectivity index is 0.000000171. The average molecular weight is 1960 g/mol. The number of carboxylic acid groups (broad SMARTS) is 5. The number of methoxy groups -OCH3 is 2. The summed E-state index contributed by atoms with van der Waals surface area (Å²) in [6.45, 7) is 14.5. The topological polar surface area (TPSA) is 408 Å². The molecule has 0 saturated carbocycles. The van der Waals surface area contributed by atoms with E-state index >= 15 is 0 Å². The van der Waals surface area contributed by atoms with Crippen molar-refractivity contribution in [2.45, 2.75) is 216 Å². The van der Waals surface area contributed by atoms with E-state index in [1.165, 1.54) is 40.4 Å². The number of hydrogen-bond acceptors (Lipinski definition) is 22. The van der Waals surface area contributed by atoms with E-state index in [1.807, 2.05) is 110 Å². The maximum Gasteiger partial charge on any atom is 0.335 e. The molecule has 0 saturated heterocycles. The number of rotatable bonds is 46. The lowest BCUT2D eigenvalue weighted by atomic mass is 10.0. The first-order valence-electron chi connectivity index (χ1n) is 47.9. The van der Waals surface area contributed by atoms with Gasteiger partial charge >= 0.3 is 29.8 Å². The Bertz CT molecular complexity index is 6620. The van der Waals surface area contributed by atoms with Crippen LogP contribution in [0.2, 0.25) is 0 Å². The Morgan fingerprint density at radius 2 is 0.783 bits per heavy atom. The number of benzene rings is 5. The zero-order chi connectivity index (χ0) is 102. The van der Waals surface area contributed by atoms with Crippen molar-refractivity contribution in [1.29, 1.82) is 0 Å². The first kappa shape index (κ1) is 108. The lowest BCUT2D eigenvalue weighted by Gasteiger charge is -2.13. The normalized spacial score (nSPS) is 10.8. The zero-order valence-electron chi connectivity index (χ0n) is 82.0. The Labute approximate surface area is 836 Å². The average Bonchev–Trinajstić information content (AvgIpc) is 1.68. The Kier molecular flexibility index (Phi) is 42.5. The molecule has 0 aliphatic carbocycles. The number of aliphatic hydroxyl groups is 2. The molecule has 0 bridgehead atoms. The van der Waals surface area contributed by atoms with Gasteiger partial charge in [-0.2, -0.15) is 0 Å². The number of aromatic carboxylic acids is 5. The monoisotopic (exact) mass is 1960 g/mol. The van der Waals surface area contributed by atoms with Gasteiger partial charge < -0.3 is 68.4 Å². The van der Waals surface area contributed by atoms with Crippen molar-refractivity contribution in [1.82, 2.24) is 63.8 Å². The zero-order valence-corrected chi connectivity index (χ0v) is 82.8. The number of ether oxygens (including phenoxy) is 4. The number of aryl methyl sites for hydroxylation is 17. The Hall–Kier alpha value is -15.3. The SMILES string of the molecule is CCc1cnc(CCCc2cc(C(=O)O)cc(C)n2)n1Cc1ccc(F)cc1.CCc1cnc(CCCc2cc(C(=O)O)cc(C)n2)n1Cc1cccs1.CCc1nnc(CCCc2cc(C(=O)O)cc(CO)n2)n1CCCc1ccccc1.COc1ccc(OCc2ccccc2)c(CCCc2cc(C(=O)O)cc(C)n2)n1.COc1ccc(OCc2ccccc2)c(CCCc2cc(C(=O)O)cc(CO)n2)c1. The van der Waals surface area contributed by atoms with Gasteiger partial charge in [0.15, 0.2) is 0 Å². The summed E-state index contributed by atoms with van der Waals surface area (Å²) in [6, 6.07) is 66.1. The van der Waals surface area contributed by atoms with Crippen LogP contribution in [0.3, 0.4) is 0 Å². The van der Waals surface area contributed by atoms with Gasteiger partial charge in [-0.1, -0.05) is 130 Å². The largest absolute Gasteiger partial charge is 0.497 e. The maximum absolute atomic E-state index is 13.2. The highest BCUT2D eigenvalue weighted by Gasteiger charge is 2.20. The summed E-state index contributed by atoms with van der Waals surface area (Å²) in [5.41, 5.74) is 16.5. The standard InChI is InChI=1S/C24H25NO5.C23H28N4O3.C23H24N2O4.C22H24FN3O2.C20H23N3O2S/c1-29-22-10-11-23(30-16-17-6-3-2-4-7-17)18(14-22)8-5-9-20-12-19(24(27)28)13-21(15-26)25-20;1-2-21-25-26-22(27(21)13-7-10-17-8-4-3-5-9-17)12-6-11-19-14-18(23(29)30)15-20(16-28)24-19;1-16-13-18(23(26)27)14-19(24-16)9-6-10-20-21(11-12-22(25-20)28-2)29-15-17-7-4-3-5-8-17;1-3-20-13-24-21(26(20)14-16-7-9-18(23)10-8-16)6-4-5-19-12-17(22(27)28)11-15(2)25-19;1-3-17-12-21-19(23(17)13-18-7-5-9-26-18)8-4-6-16-11-15(20(24)25)10-14(2)22-16/h2-4,6-7,10-14,26H,5,8-9,15-16H2,1H3,(H,27,28);3-5,8-9,14-15,28H,2,6-7,10-13,16H2,1H3,(H,29,30);3-5,7-8,11-14H,6,9-10,15H2,1-2H3,(H,26,27);7-13H,3-6,14H2,1-2H3,(H,27,28);5,7,9-12H,3-4,6,8,13H2,1-2H3,(H,24,25). The minimum absolute atomic E-state index is 0.136. The molecule has 746 valence electrons. The van der Waals surface area contributed by atoms with Gasteiger partial charge in [-0.25, -0.2) is 43.3 Å². The number of thiophene rings is 1. The molecule has 0 atom stereocenters. The molecule has 29 nitrogen and oxygen atoms in total. The molecule has 143 heavy (non-hydrogen) atoms. The molecular weight excluding hydrogens is 1830 g/mol. The Morgan fingerprint density at radius 3 is 1.22 bits per heavy atom. The smallest absolute Gasteiger partial charge is 0.335 e. The van der Waals surface area contributed by atoms with E-state index in [2.05, 4.69) is 126 Å². The first-order valence-corrected chi connectivity index (χ1v) is 48.8. The van der Waals surface area contributed by atoms with Crippen molar-refractivity contribution in [2.75, 3.05) is 14.2 Å². The fraction of sp³-hybridized carbons (Fsp3) is 0.312. The highest BCUT2D eigenvalue weighted by molar-refractivity contribution is 7.09. The van der Waals surface area contributed by atoms with Crippen LogP contribution in [0.5, 0.6) is 23.1 Å². The molecule has 7 N–H and O–H groups in total. The van der Waals surface area contributed by atoms with E-state index in [1.54, 1.807) is 106 Å². The number of nitrogens with zero attached hydrogens (tertiary/aromatic N) is 13. The van der Waals surface area contributed by atoms with Gasteiger partial charge in [-0.3, -0.25) is 24.9 Å². The number of carbonyl (C=O) groups is 5. The highest BCUT2D eigenvalue weighted by Crippen LogP contribution is 2.30. The lowest BCUT2D eigenvalue weighted by molar-refractivity contribution is 0.0685. The van der Waals surface area contributed by atoms with Gasteiger partial charge in [0.25, 0.3) is 0 Å². The second kappa shape index (κ2) is 56.2. The van der Waals surface area contributed by atoms with Gasteiger partial charge in [-0.15, -0.1) is 21.5 Å². The fourth-order valence-electron chi connectivity index (χ4n) is 16.2. The van der Waals surface area contributed by atoms with Gasteiger partial charge in [0.1, 0.15) is 59.6 Å². The van der Waals surface area contributed by atoms with Crippen molar-refractivity contribution in [2.24, 2.45) is 0 Å². The summed E-state index contributed by atoms with van der Waals surface area (Å²) >= 11 is 1.76. The molecule has 0 fully saturated rings. The number of halogens is 1. The van der Waals surface area contributed by atoms with E-state index < -0.39 is 29.8 Å². The minimum atomic E-state index is -1.03. The molecular formula is C112H124FN13O16S. The summed E-state index contributed by atoms with van der Waals surface area (Å²) in [5, 5.41) is 75.5. The molecule has 5 aromatic carbocycles. The third kappa shape index (κ3) is 34.6. The molecule has 31 heteroatoms. The third-order valence-electron chi connectivity index (χ3n) is 23.3. The minimum Gasteiger partial charge on any atom is -0.497 e. The summed E-state index contributed by atoms with van der Waals surface area (Å²) in [4.78, 5) is 93.2. The number of hydrogen-bond donors (Lipinski definition) is 7. The lowest BCUT2D eigenvalue weighted by Crippen LogP contribution is -2.09. The van der Waals surface area contributed by atoms with Crippen LogP contribution in [0.15, 0.2) is 236 Å². The van der Waals surface area contributed by atoms with Gasteiger partial charge in [0.05, 0.1) is 78.9 Å². The van der Waals surface area contributed by atoms with Gasteiger partial charge in [-0.05, 0) is 260 Å². The van der Waals surface area contributed by atoms with Crippen LogP contribution in [0.25, 0.3) is 0 Å². The second-order valence-electron chi connectivity index (χ2n) is 34.1. The second-order valence-corrected chi connectivity index (χ2v) is 35.1. The fourth-order valence-corrected chi connectivity index (χ4v) is 16.9. The van der Waals surface area contributed by atoms with E-state index in [0.717, 1.165) is 206 Å². The van der Waals surface area contributed by atoms with Crippen molar-refractivity contribution in [3.05, 3.63) is 400 Å². The maximum atomic E-state index is 13.2. The van der Waals surface area contributed by atoms with E-state index in [9.17, 15) is 64.1 Å². The molecule has 15 rings (SSSR count). The third-order valence-corrected chi connectivity index (χ3v) is 24.2. The summed E-state index contributed by atoms with van der Waals surface area (Å²) in [6.07, 6.45) is 19.6. The van der Waals surface area contributed by atoms with E-state index in [-0.39, 0.29) is 41.3 Å². The van der Waals surface area contributed by atoms with Gasteiger partial charge in [0.2, 0.25) is 5.88 Å². The molecule has 10 heterocycles.